The molecule has 0 saturated heterocycles. The topological polar surface area (TPSA) is 31.2 Å². The first kappa shape index (κ1) is 54.2. The Kier molecular flexibility index (Phi) is 12.6. The molecule has 0 amide bonds. The maximum absolute atomic E-state index is 7.07. The molecule has 3 heteroatoms. The Morgan fingerprint density at radius 2 is 0.505 bits per heavy atom. The Morgan fingerprint density at radius 1 is 0.179 bits per heavy atom. The van der Waals surface area contributed by atoms with E-state index in [1.165, 1.54) is 54.9 Å². The monoisotopic (exact) mass is 1210 g/mol. The van der Waals surface area contributed by atoms with Crippen LogP contribution in [0.15, 0.2) is 355 Å². The summed E-state index contributed by atoms with van der Waals surface area (Å²) in [6.45, 7) is 0. The zero-order valence-corrected chi connectivity index (χ0v) is 51.7. The minimum atomic E-state index is 0.854. The van der Waals surface area contributed by atoms with Gasteiger partial charge in [0.05, 0.1) is 11.0 Å². The molecule has 95 heavy (non-hydrogen) atoms. The number of benzene rings is 16. The molecule has 16 aromatic carbocycles. The van der Waals surface area contributed by atoms with Gasteiger partial charge in [0, 0.05) is 49.1 Å². The van der Waals surface area contributed by atoms with E-state index in [2.05, 4.69) is 350 Å². The van der Waals surface area contributed by atoms with E-state index in [1.54, 1.807) is 0 Å². The van der Waals surface area contributed by atoms with Crippen molar-refractivity contribution in [1.82, 2.24) is 4.57 Å². The highest BCUT2D eigenvalue weighted by atomic mass is 16.3. The van der Waals surface area contributed by atoms with Crippen molar-refractivity contribution in [3.63, 3.8) is 0 Å². The number of furan rings is 2. The molecule has 0 spiro atoms. The summed E-state index contributed by atoms with van der Waals surface area (Å²) in [6, 6.07) is 126. The summed E-state index contributed by atoms with van der Waals surface area (Å²) < 4.78 is 16.6. The zero-order chi connectivity index (χ0) is 62.5. The molecule has 0 aliphatic rings. The fourth-order valence-electron chi connectivity index (χ4n) is 15.1. The predicted molar refractivity (Wildman–Crippen MR) is 399 cm³/mol. The molecule has 3 nitrogen and oxygen atoms in total. The molecule has 19 rings (SSSR count). The summed E-state index contributed by atoms with van der Waals surface area (Å²) >= 11 is 0. The number of hydrogen-bond acceptors (Lipinski definition) is 2. The van der Waals surface area contributed by atoms with Crippen molar-refractivity contribution in [2.24, 2.45) is 0 Å². The third-order valence-corrected chi connectivity index (χ3v) is 19.5. The minimum Gasteiger partial charge on any atom is -0.455 e. The summed E-state index contributed by atoms with van der Waals surface area (Å²) in [5.74, 6) is 0. The van der Waals surface area contributed by atoms with Crippen molar-refractivity contribution in [2.45, 2.75) is 0 Å². The average molecular weight is 1210 g/mol. The highest BCUT2D eigenvalue weighted by molar-refractivity contribution is 6.23. The molecule has 3 heterocycles. The van der Waals surface area contributed by atoms with Crippen molar-refractivity contribution in [3.05, 3.63) is 346 Å². The predicted octanol–water partition coefficient (Wildman–Crippen LogP) is 25.9. The van der Waals surface area contributed by atoms with E-state index in [4.69, 9.17) is 8.83 Å². The second-order valence-corrected chi connectivity index (χ2v) is 25.0. The highest BCUT2D eigenvalue weighted by Gasteiger charge is 2.24. The number of hydrogen-bond donors (Lipinski definition) is 0. The summed E-state index contributed by atoms with van der Waals surface area (Å²) in [7, 11) is 0. The fraction of sp³-hybridized carbons (Fsp3) is 0. The van der Waals surface area contributed by atoms with Crippen LogP contribution in [-0.2, 0) is 0 Å². The summed E-state index contributed by atoms with van der Waals surface area (Å²) in [5, 5.41) is 11.5. The lowest BCUT2D eigenvalue weighted by atomic mass is 9.85. The molecule has 0 unspecified atom stereocenters. The fourth-order valence-corrected chi connectivity index (χ4v) is 15.1. The van der Waals surface area contributed by atoms with E-state index >= 15 is 0 Å². The van der Waals surface area contributed by atoms with Gasteiger partial charge < -0.3 is 13.4 Å². The number of nitrogens with zero attached hydrogens (tertiary/aromatic N) is 1. The Bertz CT molecular complexity index is 5960. The lowest BCUT2D eigenvalue weighted by molar-refractivity contribution is 0.669. The second-order valence-electron chi connectivity index (χ2n) is 25.0. The Morgan fingerprint density at radius 3 is 0.968 bits per heavy atom. The van der Waals surface area contributed by atoms with Gasteiger partial charge in [0.25, 0.3) is 0 Å². The van der Waals surface area contributed by atoms with Crippen LogP contribution in [0.5, 0.6) is 0 Å². The van der Waals surface area contributed by atoms with E-state index in [1.807, 2.05) is 0 Å². The molecule has 442 valence electrons. The molecule has 0 saturated carbocycles. The third-order valence-electron chi connectivity index (χ3n) is 19.5. The lowest BCUT2D eigenvalue weighted by Crippen LogP contribution is -1.95. The maximum Gasteiger partial charge on any atom is 0.143 e. The van der Waals surface area contributed by atoms with Crippen LogP contribution in [0.1, 0.15) is 0 Å². The molecule has 0 fully saturated rings. The van der Waals surface area contributed by atoms with Gasteiger partial charge in [-0.25, -0.2) is 0 Å². The van der Waals surface area contributed by atoms with Gasteiger partial charge in [0.1, 0.15) is 22.3 Å². The first-order valence-corrected chi connectivity index (χ1v) is 32.6. The molecular formula is C92H57NO2. The van der Waals surface area contributed by atoms with Gasteiger partial charge in [-0.05, 0) is 202 Å². The summed E-state index contributed by atoms with van der Waals surface area (Å²) in [6.07, 6.45) is 0. The average Bonchev–Trinajstić information content (AvgIpc) is 1.77. The van der Waals surface area contributed by atoms with Gasteiger partial charge in [0.2, 0.25) is 0 Å². The standard InChI is InChI=1S/C92H57NO2/c1-7-22-58(23-8-1)65-41-46-87-80(49-65)83-56-70(60-26-11-3-12-27-60)54-76(91(83)94-87)68-39-44-85-78(52-68)79-53-69(77-55-71(61-28-13-4-14-29-61)57-84-81-50-66(59-24-9-2-10-25-59)42-47-88(81)95-92(77)84)40-45-86(79)93(85)72-35-21-34-64(48-72)67-38-43-75-82(51-67)90(63-32-17-6-18-33-63)74-37-20-19-36-73(74)89(75)62-30-15-5-16-31-62/h1-57H. The molecule has 0 radical (unpaired) electrons. The van der Waals surface area contributed by atoms with Gasteiger partial charge in [-0.1, -0.05) is 255 Å². The largest absolute Gasteiger partial charge is 0.455 e. The van der Waals surface area contributed by atoms with Crippen LogP contribution in [0.3, 0.4) is 0 Å². The van der Waals surface area contributed by atoms with Crippen molar-refractivity contribution in [2.75, 3.05) is 0 Å². The first-order valence-electron chi connectivity index (χ1n) is 32.6. The third kappa shape index (κ3) is 9.12. The molecule has 0 N–H and O–H groups in total. The maximum atomic E-state index is 7.07. The van der Waals surface area contributed by atoms with Gasteiger partial charge in [-0.2, -0.15) is 0 Å². The van der Waals surface area contributed by atoms with Crippen molar-refractivity contribution in [3.8, 4) is 106 Å². The molecule has 0 aliphatic carbocycles. The summed E-state index contributed by atoms with van der Waals surface area (Å²) in [5.41, 5.74) is 27.2. The van der Waals surface area contributed by atoms with Crippen LogP contribution >= 0.6 is 0 Å². The van der Waals surface area contributed by atoms with Gasteiger partial charge in [-0.3, -0.25) is 0 Å². The summed E-state index contributed by atoms with van der Waals surface area (Å²) in [4.78, 5) is 0. The van der Waals surface area contributed by atoms with Crippen molar-refractivity contribution in [1.29, 1.82) is 0 Å². The molecule has 0 atom stereocenters. The van der Waals surface area contributed by atoms with E-state index < -0.39 is 0 Å². The second kappa shape index (κ2) is 22.1. The van der Waals surface area contributed by atoms with Crippen LogP contribution < -0.4 is 0 Å². The Balaban J connectivity index is 0.844. The normalized spacial score (nSPS) is 11.8. The minimum absolute atomic E-state index is 0.854. The first-order chi connectivity index (χ1) is 47.1. The van der Waals surface area contributed by atoms with Crippen LogP contribution in [0.2, 0.25) is 0 Å². The SMILES string of the molecule is c1ccc(-c2ccc3oc4c(-c5ccc6c(c5)c5cc(-c7cc(-c8ccccc8)cc8c7oc7ccc(-c9ccccc9)cc78)ccc5n6-c5cccc(-c6ccc7c(-c8ccccc8)c8ccccc8c(-c8ccccc8)c7c6)c5)cc(-c5ccccc5)cc4c3c2)cc1. The van der Waals surface area contributed by atoms with E-state index in [0.717, 1.165) is 138 Å². The molecule has 3 aromatic heterocycles. The smallest absolute Gasteiger partial charge is 0.143 e. The molecule has 0 aliphatic heterocycles. The Hall–Kier alpha value is -12.6. The van der Waals surface area contributed by atoms with Crippen LogP contribution in [0, 0.1) is 0 Å². The molecule has 0 bridgehead atoms. The lowest BCUT2D eigenvalue weighted by Gasteiger charge is -2.19. The van der Waals surface area contributed by atoms with Crippen LogP contribution in [0.4, 0.5) is 0 Å². The molecule has 19 aromatic rings. The van der Waals surface area contributed by atoms with Crippen molar-refractivity contribution < 1.29 is 8.83 Å². The van der Waals surface area contributed by atoms with E-state index in [-0.39, 0.29) is 0 Å². The van der Waals surface area contributed by atoms with Gasteiger partial charge in [0.15, 0.2) is 0 Å². The van der Waals surface area contributed by atoms with Gasteiger partial charge >= 0.3 is 0 Å². The Labute approximate surface area is 548 Å². The van der Waals surface area contributed by atoms with E-state index in [0.29, 0.717) is 0 Å². The van der Waals surface area contributed by atoms with Crippen LogP contribution in [0.25, 0.3) is 193 Å². The number of fused-ring (bicyclic) bond motifs is 11. The van der Waals surface area contributed by atoms with Crippen LogP contribution in [-0.4, -0.2) is 4.57 Å². The molecular weight excluding hydrogens is 1150 g/mol. The van der Waals surface area contributed by atoms with Gasteiger partial charge in [-0.15, -0.1) is 0 Å². The quantitative estimate of drug-likeness (QED) is 0.128. The highest BCUT2D eigenvalue weighted by Crippen LogP contribution is 2.48. The zero-order valence-electron chi connectivity index (χ0n) is 51.7. The number of rotatable bonds is 10. The number of aromatic nitrogens is 1. The van der Waals surface area contributed by atoms with Crippen molar-refractivity contribution >= 4 is 87.2 Å². The van der Waals surface area contributed by atoms with E-state index in [9.17, 15) is 0 Å².